The van der Waals surface area contributed by atoms with Gasteiger partial charge in [-0.3, -0.25) is 4.79 Å². The van der Waals surface area contributed by atoms with Gasteiger partial charge >= 0.3 is 5.97 Å². The Hall–Kier alpha value is -1.32. The average Bonchev–Trinajstić information content (AvgIpc) is 2.16. The van der Waals surface area contributed by atoms with E-state index in [-0.39, 0.29) is 0 Å². The van der Waals surface area contributed by atoms with Crippen molar-refractivity contribution in [1.82, 2.24) is 0 Å². The fraction of sp³-hybridized carbons (Fsp3) is 0.556. The average molecular weight is 183 g/mol. The van der Waals surface area contributed by atoms with E-state index >= 15 is 0 Å². The summed E-state index contributed by atoms with van der Waals surface area (Å²) in [4.78, 5) is 21.8. The standard InChI is InChI=1S/C9H12O4/c1-13-9(12)7-5-3-2-4-6(7)8(10)11/h2-3,6-7H,4-5H2,1H3,(H,10,11)/p-1. The van der Waals surface area contributed by atoms with Crippen LogP contribution in [0.5, 0.6) is 0 Å². The molecule has 2 atom stereocenters. The Morgan fingerprint density at radius 3 is 2.31 bits per heavy atom. The number of carbonyl (C=O) groups is 2. The number of carboxylic acid groups (broad SMARTS) is 1. The number of methoxy groups -OCH3 is 1. The van der Waals surface area contributed by atoms with Crippen LogP contribution in [-0.2, 0) is 14.3 Å². The molecule has 72 valence electrons. The molecule has 2 unspecified atom stereocenters. The van der Waals surface area contributed by atoms with E-state index in [9.17, 15) is 14.7 Å². The Bertz CT molecular complexity index is 244. The molecular formula is C9H11O4-. The number of esters is 1. The van der Waals surface area contributed by atoms with E-state index in [1.807, 2.05) is 0 Å². The summed E-state index contributed by atoms with van der Waals surface area (Å²) in [7, 11) is 1.26. The zero-order chi connectivity index (χ0) is 9.84. The highest BCUT2D eigenvalue weighted by molar-refractivity contribution is 5.80. The molecule has 1 aliphatic rings. The van der Waals surface area contributed by atoms with Crippen LogP contribution in [0.2, 0.25) is 0 Å². The second-order valence-corrected chi connectivity index (χ2v) is 3.00. The van der Waals surface area contributed by atoms with Gasteiger partial charge in [0.2, 0.25) is 0 Å². The Morgan fingerprint density at radius 2 is 1.85 bits per heavy atom. The maximum Gasteiger partial charge on any atom is 0.309 e. The molecule has 0 aromatic carbocycles. The quantitative estimate of drug-likeness (QED) is 0.427. The number of rotatable bonds is 2. The lowest BCUT2D eigenvalue weighted by molar-refractivity contribution is -0.313. The minimum Gasteiger partial charge on any atom is -0.550 e. The highest BCUT2D eigenvalue weighted by Gasteiger charge is 2.30. The molecular weight excluding hydrogens is 172 g/mol. The van der Waals surface area contributed by atoms with Gasteiger partial charge in [0.1, 0.15) is 0 Å². The van der Waals surface area contributed by atoms with E-state index in [1.54, 1.807) is 12.2 Å². The van der Waals surface area contributed by atoms with Crippen molar-refractivity contribution in [3.8, 4) is 0 Å². The van der Waals surface area contributed by atoms with Crippen molar-refractivity contribution < 1.29 is 19.4 Å². The van der Waals surface area contributed by atoms with Crippen LogP contribution >= 0.6 is 0 Å². The molecule has 0 saturated carbocycles. The Labute approximate surface area is 76.2 Å². The van der Waals surface area contributed by atoms with Gasteiger partial charge < -0.3 is 14.6 Å². The minimum absolute atomic E-state index is 0.349. The summed E-state index contributed by atoms with van der Waals surface area (Å²) >= 11 is 0. The zero-order valence-corrected chi connectivity index (χ0v) is 7.36. The van der Waals surface area contributed by atoms with E-state index in [2.05, 4.69) is 4.74 Å². The van der Waals surface area contributed by atoms with E-state index in [0.717, 1.165) is 0 Å². The summed E-state index contributed by atoms with van der Waals surface area (Å²) in [5, 5.41) is 10.6. The molecule has 0 amide bonds. The summed E-state index contributed by atoms with van der Waals surface area (Å²) in [5.41, 5.74) is 0. The van der Waals surface area contributed by atoms with Crippen LogP contribution in [0.25, 0.3) is 0 Å². The molecule has 1 rings (SSSR count). The predicted molar refractivity (Wildman–Crippen MR) is 42.4 cm³/mol. The van der Waals surface area contributed by atoms with Gasteiger partial charge in [-0.05, 0) is 12.8 Å². The van der Waals surface area contributed by atoms with Crippen LogP contribution < -0.4 is 5.11 Å². The van der Waals surface area contributed by atoms with Gasteiger partial charge in [0.25, 0.3) is 0 Å². The summed E-state index contributed by atoms with van der Waals surface area (Å²) in [6.45, 7) is 0. The molecule has 0 saturated heterocycles. The van der Waals surface area contributed by atoms with Gasteiger partial charge in [0.15, 0.2) is 0 Å². The number of hydrogen-bond donors (Lipinski definition) is 0. The molecule has 13 heavy (non-hydrogen) atoms. The number of carboxylic acids is 1. The first-order valence-corrected chi connectivity index (χ1v) is 4.10. The van der Waals surface area contributed by atoms with Crippen LogP contribution in [-0.4, -0.2) is 19.0 Å². The van der Waals surface area contributed by atoms with E-state index in [0.29, 0.717) is 12.8 Å². The van der Waals surface area contributed by atoms with Crippen LogP contribution in [0.1, 0.15) is 12.8 Å². The van der Waals surface area contributed by atoms with Crippen molar-refractivity contribution >= 4 is 11.9 Å². The highest BCUT2D eigenvalue weighted by atomic mass is 16.5. The number of aliphatic carboxylic acids is 1. The number of ether oxygens (including phenoxy) is 1. The molecule has 0 spiro atoms. The smallest absolute Gasteiger partial charge is 0.309 e. The third-order valence-corrected chi connectivity index (χ3v) is 2.24. The molecule has 0 N–H and O–H groups in total. The monoisotopic (exact) mass is 183 g/mol. The van der Waals surface area contributed by atoms with E-state index in [1.165, 1.54) is 7.11 Å². The predicted octanol–water partition coefficient (Wildman–Crippen LogP) is -0.508. The molecule has 0 radical (unpaired) electrons. The van der Waals surface area contributed by atoms with Crippen molar-refractivity contribution in [2.45, 2.75) is 12.8 Å². The zero-order valence-electron chi connectivity index (χ0n) is 7.36. The molecule has 0 heterocycles. The molecule has 0 bridgehead atoms. The fourth-order valence-corrected chi connectivity index (χ4v) is 1.49. The van der Waals surface area contributed by atoms with Gasteiger partial charge in [-0.1, -0.05) is 12.2 Å². The summed E-state index contributed by atoms with van der Waals surface area (Å²) in [6, 6.07) is 0. The lowest BCUT2D eigenvalue weighted by Crippen LogP contribution is -2.40. The van der Waals surface area contributed by atoms with Crippen LogP contribution in [0.4, 0.5) is 0 Å². The van der Waals surface area contributed by atoms with Crippen molar-refractivity contribution in [2.75, 3.05) is 7.11 Å². The second-order valence-electron chi connectivity index (χ2n) is 3.00. The molecule has 0 aromatic heterocycles. The van der Waals surface area contributed by atoms with Crippen LogP contribution in [0.15, 0.2) is 12.2 Å². The maximum absolute atomic E-state index is 11.1. The summed E-state index contributed by atoms with van der Waals surface area (Å²) < 4.78 is 4.51. The van der Waals surface area contributed by atoms with E-state index < -0.39 is 23.8 Å². The first-order valence-electron chi connectivity index (χ1n) is 4.10. The highest BCUT2D eigenvalue weighted by Crippen LogP contribution is 2.25. The van der Waals surface area contributed by atoms with Crippen molar-refractivity contribution in [3.63, 3.8) is 0 Å². The van der Waals surface area contributed by atoms with Crippen molar-refractivity contribution in [3.05, 3.63) is 12.2 Å². The van der Waals surface area contributed by atoms with Crippen molar-refractivity contribution in [2.24, 2.45) is 11.8 Å². The Morgan fingerprint density at radius 1 is 1.31 bits per heavy atom. The lowest BCUT2D eigenvalue weighted by Gasteiger charge is -2.26. The second kappa shape index (κ2) is 4.07. The third-order valence-electron chi connectivity index (χ3n) is 2.24. The van der Waals surface area contributed by atoms with Gasteiger partial charge in [-0.15, -0.1) is 0 Å². The molecule has 0 fully saturated rings. The van der Waals surface area contributed by atoms with Gasteiger partial charge in [-0.25, -0.2) is 0 Å². The normalized spacial score (nSPS) is 26.8. The molecule has 4 nitrogen and oxygen atoms in total. The SMILES string of the molecule is COC(=O)C1CC=CCC1C(=O)[O-]. The van der Waals surface area contributed by atoms with E-state index in [4.69, 9.17) is 0 Å². The molecule has 1 aliphatic carbocycles. The Kier molecular flexibility index (Phi) is 3.06. The maximum atomic E-state index is 11.1. The first kappa shape index (κ1) is 9.77. The van der Waals surface area contributed by atoms with Crippen LogP contribution in [0, 0.1) is 11.8 Å². The minimum atomic E-state index is -1.18. The molecule has 4 heteroatoms. The lowest BCUT2D eigenvalue weighted by atomic mass is 9.83. The molecule has 0 aliphatic heterocycles. The molecule has 0 aromatic rings. The largest absolute Gasteiger partial charge is 0.550 e. The van der Waals surface area contributed by atoms with Crippen LogP contribution in [0.3, 0.4) is 0 Å². The topological polar surface area (TPSA) is 66.4 Å². The number of carbonyl (C=O) groups excluding carboxylic acids is 2. The third kappa shape index (κ3) is 2.08. The van der Waals surface area contributed by atoms with Gasteiger partial charge in [0, 0.05) is 11.9 Å². The summed E-state index contributed by atoms with van der Waals surface area (Å²) in [6.07, 6.45) is 4.31. The van der Waals surface area contributed by atoms with Gasteiger partial charge in [0.05, 0.1) is 13.0 Å². The fourth-order valence-electron chi connectivity index (χ4n) is 1.49. The first-order chi connectivity index (χ1) is 6.16. The Balaban J connectivity index is 2.75. The van der Waals surface area contributed by atoms with Crippen molar-refractivity contribution in [1.29, 1.82) is 0 Å². The number of allylic oxidation sites excluding steroid dienone is 2. The summed E-state index contributed by atoms with van der Waals surface area (Å²) in [5.74, 6) is -2.98. The van der Waals surface area contributed by atoms with Gasteiger partial charge in [-0.2, -0.15) is 0 Å². The number of hydrogen-bond acceptors (Lipinski definition) is 4.